The van der Waals surface area contributed by atoms with Crippen molar-refractivity contribution in [3.63, 3.8) is 0 Å². The molecule has 164 valence electrons. The number of nitrogens with two attached hydrogens (primary N) is 1. The number of anilines is 2. The molecule has 4 rings (SSSR count). The molecule has 2 aromatic carbocycles. The predicted octanol–water partition coefficient (Wildman–Crippen LogP) is 5.81. The number of hydrogen-bond acceptors (Lipinski definition) is 4. The van der Waals surface area contributed by atoms with Crippen LogP contribution in [-0.4, -0.2) is 9.55 Å². The first kappa shape index (κ1) is 21.7. The summed E-state index contributed by atoms with van der Waals surface area (Å²) in [6, 6.07) is 16.6. The molecular weight excluding hydrogens is 441 g/mol. The van der Waals surface area contributed by atoms with Crippen LogP contribution in [-0.2, 0) is 6.18 Å². The number of hydrogen-bond donors (Lipinski definition) is 2. The van der Waals surface area contributed by atoms with E-state index in [4.69, 9.17) is 17.3 Å². The van der Waals surface area contributed by atoms with Gasteiger partial charge < -0.3 is 11.1 Å². The number of aromatic nitrogens is 2. The summed E-state index contributed by atoms with van der Waals surface area (Å²) in [5.74, 6) is 0.154. The summed E-state index contributed by atoms with van der Waals surface area (Å²) < 4.78 is 40.5. The first-order chi connectivity index (χ1) is 15.2. The third-order valence-electron chi connectivity index (χ3n) is 5.09. The van der Waals surface area contributed by atoms with E-state index in [1.54, 1.807) is 49.4 Å². The molecule has 0 bridgehead atoms. The van der Waals surface area contributed by atoms with Gasteiger partial charge in [-0.2, -0.15) is 13.2 Å². The first-order valence-corrected chi connectivity index (χ1v) is 10.0. The number of nitrogen functional groups attached to an aromatic ring is 1. The molecule has 1 atom stereocenters. The fourth-order valence-electron chi connectivity index (χ4n) is 3.58. The summed E-state index contributed by atoms with van der Waals surface area (Å²) in [7, 11) is 0. The second-order valence-corrected chi connectivity index (χ2v) is 7.68. The molecule has 2 heterocycles. The molecule has 0 spiro atoms. The standard InChI is InChI=1S/C23H18ClF3N4O/c1-13(30-20-11-18(28)16(12-29-20)23(25,26)27)19-10-14-6-5-9-17(24)21(14)22(32)31(19)15-7-3-2-4-8-15/h2-13H,1H3,(H3,28,29,30)/t13-/m0/s1. The van der Waals surface area contributed by atoms with E-state index in [0.29, 0.717) is 33.4 Å². The zero-order chi connectivity index (χ0) is 23.0. The molecule has 0 radical (unpaired) electrons. The van der Waals surface area contributed by atoms with Crippen LogP contribution in [0.25, 0.3) is 16.5 Å². The minimum absolute atomic E-state index is 0.154. The highest BCUT2D eigenvalue weighted by molar-refractivity contribution is 6.35. The zero-order valence-electron chi connectivity index (χ0n) is 16.8. The summed E-state index contributed by atoms with van der Waals surface area (Å²) in [4.78, 5) is 17.3. The van der Waals surface area contributed by atoms with Crippen molar-refractivity contribution in [1.29, 1.82) is 0 Å². The van der Waals surface area contributed by atoms with Crippen molar-refractivity contribution >= 4 is 33.9 Å². The lowest BCUT2D eigenvalue weighted by molar-refractivity contribution is -0.137. The SMILES string of the molecule is C[C@H](Nc1cc(N)c(C(F)(F)F)cn1)c1cc2cccc(Cl)c2c(=O)n1-c1ccccc1. The fourth-order valence-corrected chi connectivity index (χ4v) is 3.85. The van der Waals surface area contributed by atoms with Crippen molar-refractivity contribution in [3.8, 4) is 5.69 Å². The molecule has 32 heavy (non-hydrogen) atoms. The van der Waals surface area contributed by atoms with Crippen molar-refractivity contribution in [3.05, 3.63) is 93.5 Å². The Balaban J connectivity index is 1.83. The highest BCUT2D eigenvalue weighted by Gasteiger charge is 2.33. The molecule has 4 aromatic rings. The maximum Gasteiger partial charge on any atom is 0.419 e. The van der Waals surface area contributed by atoms with Crippen molar-refractivity contribution in [2.45, 2.75) is 19.1 Å². The molecule has 3 N–H and O–H groups in total. The number of rotatable bonds is 4. The van der Waals surface area contributed by atoms with Gasteiger partial charge in [0.2, 0.25) is 0 Å². The van der Waals surface area contributed by atoms with E-state index in [1.807, 2.05) is 12.1 Å². The number of benzene rings is 2. The van der Waals surface area contributed by atoms with Crippen molar-refractivity contribution in [2.24, 2.45) is 0 Å². The molecule has 0 fully saturated rings. The Kier molecular flexibility index (Phi) is 5.56. The summed E-state index contributed by atoms with van der Waals surface area (Å²) in [5.41, 5.74) is 5.05. The van der Waals surface area contributed by atoms with Gasteiger partial charge >= 0.3 is 6.18 Å². The monoisotopic (exact) mass is 458 g/mol. The Morgan fingerprint density at radius 3 is 2.47 bits per heavy atom. The van der Waals surface area contributed by atoms with Gasteiger partial charge in [-0.05, 0) is 36.6 Å². The van der Waals surface area contributed by atoms with E-state index in [2.05, 4.69) is 10.3 Å². The first-order valence-electron chi connectivity index (χ1n) is 9.65. The van der Waals surface area contributed by atoms with Crippen molar-refractivity contribution in [2.75, 3.05) is 11.1 Å². The Bertz CT molecular complexity index is 1350. The molecule has 0 unspecified atom stereocenters. The van der Waals surface area contributed by atoms with E-state index in [9.17, 15) is 18.0 Å². The molecule has 0 amide bonds. The lowest BCUT2D eigenvalue weighted by atomic mass is 10.1. The molecule has 0 saturated heterocycles. The highest BCUT2D eigenvalue weighted by atomic mass is 35.5. The topological polar surface area (TPSA) is 72.9 Å². The average molecular weight is 459 g/mol. The quantitative estimate of drug-likeness (QED) is 0.404. The number of alkyl halides is 3. The van der Waals surface area contributed by atoms with E-state index in [1.165, 1.54) is 4.57 Å². The number of nitrogens with zero attached hydrogens (tertiary/aromatic N) is 2. The second-order valence-electron chi connectivity index (χ2n) is 7.27. The van der Waals surface area contributed by atoms with Crippen LogP contribution in [0.1, 0.15) is 24.2 Å². The number of halogens is 4. The molecule has 0 aliphatic heterocycles. The Labute approximate surface area is 186 Å². The van der Waals surface area contributed by atoms with Crippen molar-refractivity contribution in [1.82, 2.24) is 9.55 Å². The van der Waals surface area contributed by atoms with Crippen LogP contribution in [0, 0.1) is 0 Å². The van der Waals surface area contributed by atoms with Gasteiger partial charge in [-0.3, -0.25) is 9.36 Å². The van der Waals surface area contributed by atoms with Crippen LogP contribution >= 0.6 is 11.6 Å². The van der Waals surface area contributed by atoms with Gasteiger partial charge in [0.1, 0.15) is 5.82 Å². The minimum Gasteiger partial charge on any atom is -0.398 e. The smallest absolute Gasteiger partial charge is 0.398 e. The summed E-state index contributed by atoms with van der Waals surface area (Å²) in [6.07, 6.45) is -3.90. The predicted molar refractivity (Wildman–Crippen MR) is 120 cm³/mol. The van der Waals surface area contributed by atoms with E-state index in [-0.39, 0.29) is 11.4 Å². The van der Waals surface area contributed by atoms with Crippen LogP contribution in [0.5, 0.6) is 0 Å². The molecule has 5 nitrogen and oxygen atoms in total. The fraction of sp³-hybridized carbons (Fsp3) is 0.130. The third-order valence-corrected chi connectivity index (χ3v) is 5.40. The second kappa shape index (κ2) is 8.20. The maximum atomic E-state index is 13.4. The summed E-state index contributed by atoms with van der Waals surface area (Å²) in [6.45, 7) is 1.78. The van der Waals surface area contributed by atoms with E-state index < -0.39 is 23.5 Å². The van der Waals surface area contributed by atoms with E-state index in [0.717, 1.165) is 6.07 Å². The molecule has 0 saturated carbocycles. The number of pyridine rings is 2. The molecule has 2 aromatic heterocycles. The number of para-hydroxylation sites is 1. The van der Waals surface area contributed by atoms with Crippen LogP contribution in [0.15, 0.2) is 71.7 Å². The summed E-state index contributed by atoms with van der Waals surface area (Å²) in [5, 5.41) is 4.41. The minimum atomic E-state index is -4.59. The van der Waals surface area contributed by atoms with Gasteiger partial charge in [0, 0.05) is 29.3 Å². The average Bonchev–Trinajstić information content (AvgIpc) is 2.73. The molecule has 9 heteroatoms. The van der Waals surface area contributed by atoms with Crippen LogP contribution < -0.4 is 16.6 Å². The van der Waals surface area contributed by atoms with Gasteiger partial charge in [0.05, 0.1) is 22.0 Å². The molecule has 0 aliphatic carbocycles. The lowest BCUT2D eigenvalue weighted by Gasteiger charge is -2.22. The van der Waals surface area contributed by atoms with Gasteiger partial charge in [-0.15, -0.1) is 0 Å². The number of nitrogens with one attached hydrogen (secondary N) is 1. The van der Waals surface area contributed by atoms with Crippen LogP contribution in [0.3, 0.4) is 0 Å². The Morgan fingerprint density at radius 2 is 1.81 bits per heavy atom. The van der Waals surface area contributed by atoms with Gasteiger partial charge in [-0.25, -0.2) is 4.98 Å². The third kappa shape index (κ3) is 4.01. The lowest BCUT2D eigenvalue weighted by Crippen LogP contribution is -2.26. The Hall–Kier alpha value is -3.52. The largest absolute Gasteiger partial charge is 0.419 e. The van der Waals surface area contributed by atoms with Gasteiger partial charge in [0.15, 0.2) is 0 Å². The summed E-state index contributed by atoms with van der Waals surface area (Å²) >= 11 is 6.31. The Morgan fingerprint density at radius 1 is 1.09 bits per heavy atom. The van der Waals surface area contributed by atoms with Crippen LogP contribution in [0.2, 0.25) is 5.02 Å². The normalized spacial score (nSPS) is 12.7. The van der Waals surface area contributed by atoms with Gasteiger partial charge in [0.25, 0.3) is 5.56 Å². The van der Waals surface area contributed by atoms with Crippen molar-refractivity contribution < 1.29 is 13.2 Å². The maximum absolute atomic E-state index is 13.4. The van der Waals surface area contributed by atoms with Gasteiger partial charge in [-0.1, -0.05) is 41.9 Å². The highest BCUT2D eigenvalue weighted by Crippen LogP contribution is 2.34. The zero-order valence-corrected chi connectivity index (χ0v) is 17.6. The van der Waals surface area contributed by atoms with E-state index >= 15 is 0 Å². The number of fused-ring (bicyclic) bond motifs is 1. The van der Waals surface area contributed by atoms with Crippen LogP contribution in [0.4, 0.5) is 24.7 Å². The molecular formula is C23H18ClF3N4O. The molecule has 0 aliphatic rings.